The maximum Gasteiger partial charge on any atom is 0.251 e. The first-order valence-electron chi connectivity index (χ1n) is 10.0. The number of hydrogen-bond acceptors (Lipinski definition) is 7. The molecule has 9 heteroatoms. The third-order valence-electron chi connectivity index (χ3n) is 5.96. The van der Waals surface area contributed by atoms with Crippen molar-refractivity contribution in [3.8, 4) is 0 Å². The number of pyridine rings is 1. The summed E-state index contributed by atoms with van der Waals surface area (Å²) < 4.78 is 1.73. The summed E-state index contributed by atoms with van der Waals surface area (Å²) in [6.07, 6.45) is 0.923. The van der Waals surface area contributed by atoms with Gasteiger partial charge in [0.15, 0.2) is 5.13 Å². The van der Waals surface area contributed by atoms with E-state index in [1.54, 1.807) is 28.0 Å². The van der Waals surface area contributed by atoms with Gasteiger partial charge in [-0.2, -0.15) is 0 Å². The van der Waals surface area contributed by atoms with E-state index < -0.39 is 6.04 Å². The molecule has 1 fully saturated rings. The molecule has 0 radical (unpaired) electrons. The topological polar surface area (TPSA) is 93.2 Å². The van der Waals surface area contributed by atoms with E-state index in [2.05, 4.69) is 32.7 Å². The number of fused-ring (bicyclic) bond motifs is 4. The molecule has 5 rings (SSSR count). The number of nitrogens with zero attached hydrogens (tertiary/aromatic N) is 3. The van der Waals surface area contributed by atoms with Crippen LogP contribution in [0.4, 0.5) is 5.13 Å². The highest BCUT2D eigenvalue weighted by Crippen LogP contribution is 2.41. The van der Waals surface area contributed by atoms with Crippen LogP contribution in [0.1, 0.15) is 34.6 Å². The summed E-state index contributed by atoms with van der Waals surface area (Å²) in [6, 6.07) is 9.07. The molecule has 30 heavy (non-hydrogen) atoms. The van der Waals surface area contributed by atoms with Gasteiger partial charge in [0.2, 0.25) is 5.91 Å². The summed E-state index contributed by atoms with van der Waals surface area (Å²) in [7, 11) is 0. The quantitative estimate of drug-likeness (QED) is 0.634. The Morgan fingerprint density at radius 2 is 2.13 bits per heavy atom. The second-order valence-corrected chi connectivity index (χ2v) is 9.89. The molecule has 5 heterocycles. The Morgan fingerprint density at radius 1 is 1.23 bits per heavy atom. The molecule has 1 amide bonds. The van der Waals surface area contributed by atoms with E-state index in [4.69, 9.17) is 5.73 Å². The molecule has 0 aliphatic carbocycles. The smallest absolute Gasteiger partial charge is 0.251 e. The van der Waals surface area contributed by atoms with Gasteiger partial charge in [0.25, 0.3) is 5.56 Å². The number of anilines is 1. The Kier molecular flexibility index (Phi) is 5.18. The van der Waals surface area contributed by atoms with E-state index >= 15 is 0 Å². The van der Waals surface area contributed by atoms with Crippen molar-refractivity contribution in [2.75, 3.05) is 18.8 Å². The summed E-state index contributed by atoms with van der Waals surface area (Å²) >= 11 is 3.11. The molecule has 3 atom stereocenters. The molecule has 3 aromatic rings. The Hall–Kier alpha value is -2.49. The monoisotopic (exact) mass is 441 g/mol. The minimum Gasteiger partial charge on any atom is -0.375 e. The van der Waals surface area contributed by atoms with Crippen LogP contribution in [0.2, 0.25) is 0 Å². The molecule has 2 aliphatic rings. The number of amides is 1. The molecule has 7 nitrogen and oxygen atoms in total. The lowest BCUT2D eigenvalue weighted by atomic mass is 9.78. The molecule has 0 spiro atoms. The number of aromatic nitrogens is 2. The van der Waals surface area contributed by atoms with Gasteiger partial charge in [0.1, 0.15) is 6.04 Å². The average molecular weight is 442 g/mol. The fraction of sp³-hybridized carbons (Fsp3) is 0.381. The second kappa shape index (κ2) is 7.98. The van der Waals surface area contributed by atoms with Crippen LogP contribution in [0.25, 0.3) is 0 Å². The number of thiazole rings is 1. The van der Waals surface area contributed by atoms with Crippen molar-refractivity contribution in [3.05, 3.63) is 67.7 Å². The van der Waals surface area contributed by atoms with Crippen LogP contribution in [-0.2, 0) is 17.9 Å². The number of nitrogen functional groups attached to an aromatic ring is 1. The standard InChI is InChI=1S/C21H23N5O2S2/c22-21-24-15(12-30-21)8-23-20(28)19-14-7-13(17-4-1-5-18(27)26(17)19)9-25(10-14)11-16-3-2-6-29-16/h1-6,12-14,19H,7-11H2,(H2,22,24)(H,23,28)/t13-,14+,19+/m0/s1. The van der Waals surface area contributed by atoms with E-state index in [1.165, 1.54) is 16.2 Å². The van der Waals surface area contributed by atoms with E-state index in [-0.39, 0.29) is 23.3 Å². The van der Waals surface area contributed by atoms with E-state index in [0.717, 1.165) is 37.4 Å². The molecule has 3 aromatic heterocycles. The van der Waals surface area contributed by atoms with Crippen molar-refractivity contribution in [2.24, 2.45) is 5.92 Å². The minimum atomic E-state index is -0.507. The highest BCUT2D eigenvalue weighted by atomic mass is 32.1. The van der Waals surface area contributed by atoms with Crippen LogP contribution in [0, 0.1) is 5.92 Å². The van der Waals surface area contributed by atoms with E-state index in [1.807, 2.05) is 11.4 Å². The number of piperidine rings is 1. The average Bonchev–Trinajstić information content (AvgIpc) is 3.39. The maximum absolute atomic E-state index is 13.3. The lowest BCUT2D eigenvalue weighted by Crippen LogP contribution is -2.53. The zero-order valence-electron chi connectivity index (χ0n) is 16.4. The van der Waals surface area contributed by atoms with Crippen molar-refractivity contribution in [1.29, 1.82) is 0 Å². The lowest BCUT2D eigenvalue weighted by molar-refractivity contribution is -0.128. The summed E-state index contributed by atoms with van der Waals surface area (Å²) in [5.41, 5.74) is 7.29. The van der Waals surface area contributed by atoms with Crippen molar-refractivity contribution in [1.82, 2.24) is 19.8 Å². The number of hydrogen-bond donors (Lipinski definition) is 2. The zero-order valence-corrected chi connectivity index (χ0v) is 18.0. The molecule has 2 aliphatic heterocycles. The second-order valence-electron chi connectivity index (χ2n) is 7.96. The number of thiophene rings is 1. The summed E-state index contributed by atoms with van der Waals surface area (Å²) in [5.74, 6) is 0.231. The molecular weight excluding hydrogens is 418 g/mol. The first-order valence-corrected chi connectivity index (χ1v) is 11.8. The van der Waals surface area contributed by atoms with Gasteiger partial charge in [-0.15, -0.1) is 22.7 Å². The predicted octanol–water partition coefficient (Wildman–Crippen LogP) is 2.43. The Balaban J connectivity index is 1.42. The predicted molar refractivity (Wildman–Crippen MR) is 119 cm³/mol. The summed E-state index contributed by atoms with van der Waals surface area (Å²) in [5, 5.41) is 7.41. The normalized spacial score (nSPS) is 23.1. The van der Waals surface area contributed by atoms with Crippen LogP contribution < -0.4 is 16.6 Å². The molecule has 3 N–H and O–H groups in total. The molecule has 2 bridgehead atoms. The molecular formula is C21H23N5O2S2. The van der Waals surface area contributed by atoms with Gasteiger partial charge in [-0.05, 0) is 23.9 Å². The maximum atomic E-state index is 13.3. The molecule has 0 saturated carbocycles. The van der Waals surface area contributed by atoms with Gasteiger partial charge < -0.3 is 11.1 Å². The zero-order chi connectivity index (χ0) is 20.7. The van der Waals surface area contributed by atoms with Gasteiger partial charge in [-0.25, -0.2) is 4.98 Å². The van der Waals surface area contributed by atoms with Gasteiger partial charge in [-0.1, -0.05) is 12.1 Å². The van der Waals surface area contributed by atoms with Crippen molar-refractivity contribution in [3.63, 3.8) is 0 Å². The van der Waals surface area contributed by atoms with Crippen LogP contribution in [0.15, 0.2) is 45.9 Å². The molecule has 0 aromatic carbocycles. The fourth-order valence-corrected chi connectivity index (χ4v) is 6.11. The van der Waals surface area contributed by atoms with Gasteiger partial charge in [0.05, 0.1) is 12.2 Å². The summed E-state index contributed by atoms with van der Waals surface area (Å²) in [6.45, 7) is 2.91. The van der Waals surface area contributed by atoms with Crippen molar-refractivity contribution in [2.45, 2.75) is 31.5 Å². The lowest BCUT2D eigenvalue weighted by Gasteiger charge is -2.46. The minimum absolute atomic E-state index is 0.0943. The molecule has 156 valence electrons. The highest BCUT2D eigenvalue weighted by Gasteiger charge is 2.43. The third-order valence-corrected chi connectivity index (χ3v) is 7.55. The van der Waals surface area contributed by atoms with Crippen LogP contribution >= 0.6 is 22.7 Å². The first kappa shape index (κ1) is 19.5. The Morgan fingerprint density at radius 3 is 2.90 bits per heavy atom. The Labute approximate surface area is 182 Å². The number of carbonyl (C=O) groups is 1. The number of rotatable bonds is 5. The highest BCUT2D eigenvalue weighted by molar-refractivity contribution is 7.13. The van der Waals surface area contributed by atoms with Gasteiger partial charge in [0, 0.05) is 53.5 Å². The molecule has 0 unspecified atom stereocenters. The summed E-state index contributed by atoms with van der Waals surface area (Å²) in [4.78, 5) is 34.0. The molecule has 1 saturated heterocycles. The number of likely N-dealkylation sites (tertiary alicyclic amines) is 1. The largest absolute Gasteiger partial charge is 0.375 e. The van der Waals surface area contributed by atoms with Crippen molar-refractivity contribution < 1.29 is 4.79 Å². The van der Waals surface area contributed by atoms with Crippen molar-refractivity contribution >= 4 is 33.7 Å². The fourth-order valence-electron chi connectivity index (χ4n) is 4.80. The first-order chi connectivity index (χ1) is 14.6. The van der Waals surface area contributed by atoms with Crippen LogP contribution in [0.5, 0.6) is 0 Å². The number of nitrogens with one attached hydrogen (secondary N) is 1. The van der Waals surface area contributed by atoms with Gasteiger partial charge in [-0.3, -0.25) is 19.1 Å². The number of carbonyl (C=O) groups excluding carboxylic acids is 1. The van der Waals surface area contributed by atoms with Crippen LogP contribution in [0.3, 0.4) is 0 Å². The van der Waals surface area contributed by atoms with E-state index in [0.29, 0.717) is 11.7 Å². The van der Waals surface area contributed by atoms with E-state index in [9.17, 15) is 9.59 Å². The van der Waals surface area contributed by atoms with Crippen LogP contribution in [-0.4, -0.2) is 33.4 Å². The SMILES string of the molecule is Nc1nc(CNC(=O)[C@H]2[C@@H]3C[C@@H](CN(Cc4cccs4)C3)c3cccc(=O)n32)cs1. The van der Waals surface area contributed by atoms with Gasteiger partial charge >= 0.3 is 0 Å². The number of nitrogens with two attached hydrogens (primary N) is 1. The third kappa shape index (κ3) is 3.68. The Bertz CT molecular complexity index is 1110.